The Bertz CT molecular complexity index is 1230. The first kappa shape index (κ1) is 19.6. The number of rotatable bonds is 5. The van der Waals surface area contributed by atoms with Gasteiger partial charge in [-0.3, -0.25) is 0 Å². The van der Waals surface area contributed by atoms with Gasteiger partial charge in [-0.25, -0.2) is 9.67 Å². The van der Waals surface area contributed by atoms with Crippen molar-refractivity contribution >= 4 is 23.2 Å². The van der Waals surface area contributed by atoms with E-state index in [2.05, 4.69) is 21.5 Å². The van der Waals surface area contributed by atoms with Crippen molar-refractivity contribution in [3.05, 3.63) is 77.1 Å². The Labute approximate surface area is 185 Å². The topological polar surface area (TPSA) is 69.8 Å². The van der Waals surface area contributed by atoms with Crippen LogP contribution >= 0.6 is 11.6 Å². The summed E-state index contributed by atoms with van der Waals surface area (Å²) in [6, 6.07) is 13.9. The third-order valence-corrected chi connectivity index (χ3v) is 5.93. The van der Waals surface area contributed by atoms with Gasteiger partial charge in [0.1, 0.15) is 11.6 Å². The molecule has 1 aliphatic rings. The largest absolute Gasteiger partial charge is 0.494 e. The van der Waals surface area contributed by atoms with Crippen LogP contribution in [0.5, 0.6) is 5.75 Å². The summed E-state index contributed by atoms with van der Waals surface area (Å²) in [6.45, 7) is 2.81. The van der Waals surface area contributed by atoms with Crippen molar-refractivity contribution in [2.45, 2.75) is 32.2 Å². The minimum Gasteiger partial charge on any atom is -0.494 e. The predicted molar refractivity (Wildman–Crippen MR) is 121 cm³/mol. The van der Waals surface area contributed by atoms with Crippen LogP contribution in [0.3, 0.4) is 0 Å². The number of aromatic nitrogens is 5. The summed E-state index contributed by atoms with van der Waals surface area (Å²) < 4.78 is 9.54. The van der Waals surface area contributed by atoms with Crippen LogP contribution in [-0.2, 0) is 6.54 Å². The lowest BCUT2D eigenvalue weighted by Crippen LogP contribution is -2.18. The molecule has 0 spiro atoms. The van der Waals surface area contributed by atoms with Gasteiger partial charge in [0, 0.05) is 35.4 Å². The van der Waals surface area contributed by atoms with Crippen molar-refractivity contribution in [2.75, 3.05) is 12.4 Å². The number of nitrogens with zero attached hydrogens (tertiary/aromatic N) is 5. The van der Waals surface area contributed by atoms with Crippen LogP contribution < -0.4 is 10.1 Å². The first-order valence-electron chi connectivity index (χ1n) is 10.3. The Balaban J connectivity index is 1.43. The summed E-state index contributed by atoms with van der Waals surface area (Å²) >= 11 is 6.47. The second kappa shape index (κ2) is 8.07. The average Bonchev–Trinajstić information content (AvgIpc) is 3.39. The van der Waals surface area contributed by atoms with E-state index in [4.69, 9.17) is 21.3 Å². The van der Waals surface area contributed by atoms with Gasteiger partial charge in [-0.1, -0.05) is 29.8 Å². The van der Waals surface area contributed by atoms with Gasteiger partial charge in [-0.15, -0.1) is 5.10 Å². The van der Waals surface area contributed by atoms with Crippen LogP contribution in [0.4, 0.5) is 11.6 Å². The van der Waals surface area contributed by atoms with E-state index >= 15 is 0 Å². The minimum absolute atomic E-state index is 0.145. The standard InChI is InChI=1S/C23H23ClN6O/c1-15-13-29(14-25-15)20-10-9-16(12-21(20)31-2)26-23-27-22-18(7-5-11-30(22)28-23)17-6-3-4-8-19(17)24/h3-4,6,8-10,12-14,18H,5,7,11H2,1-2H3,(H,26,28)/t18-/m0/s1. The van der Waals surface area contributed by atoms with Crippen LogP contribution in [0.25, 0.3) is 5.69 Å². The van der Waals surface area contributed by atoms with Crippen LogP contribution in [0.2, 0.25) is 5.02 Å². The highest BCUT2D eigenvalue weighted by Gasteiger charge is 2.27. The molecule has 2 aromatic heterocycles. The molecule has 4 aromatic rings. The third-order valence-electron chi connectivity index (χ3n) is 5.58. The fourth-order valence-corrected chi connectivity index (χ4v) is 4.37. The molecule has 0 amide bonds. The van der Waals surface area contributed by atoms with Gasteiger partial charge >= 0.3 is 0 Å². The average molecular weight is 435 g/mol. The fraction of sp³-hybridized carbons (Fsp3) is 0.261. The van der Waals surface area contributed by atoms with E-state index in [1.165, 1.54) is 0 Å². The molecule has 5 rings (SSSR count). The number of fused-ring (bicyclic) bond motifs is 1. The van der Waals surface area contributed by atoms with E-state index in [0.717, 1.165) is 58.6 Å². The zero-order valence-electron chi connectivity index (χ0n) is 17.4. The zero-order valence-corrected chi connectivity index (χ0v) is 18.2. The highest BCUT2D eigenvalue weighted by Crippen LogP contribution is 2.36. The maximum Gasteiger partial charge on any atom is 0.246 e. The van der Waals surface area contributed by atoms with E-state index < -0.39 is 0 Å². The lowest BCUT2D eigenvalue weighted by atomic mass is 9.91. The van der Waals surface area contributed by atoms with Crippen molar-refractivity contribution in [3.63, 3.8) is 0 Å². The van der Waals surface area contributed by atoms with Gasteiger partial charge in [0.2, 0.25) is 5.95 Å². The Morgan fingerprint density at radius 3 is 2.84 bits per heavy atom. The molecule has 0 saturated heterocycles. The molecule has 3 heterocycles. The number of ether oxygens (including phenoxy) is 1. The Kier molecular flexibility index (Phi) is 5.11. The smallest absolute Gasteiger partial charge is 0.246 e. The van der Waals surface area contributed by atoms with E-state index in [0.29, 0.717) is 5.95 Å². The number of anilines is 2. The molecule has 8 heteroatoms. The number of imidazole rings is 1. The second-order valence-corrected chi connectivity index (χ2v) is 8.07. The SMILES string of the molecule is COc1cc(Nc2nc3n(n2)CCC[C@H]3c2ccccc2Cl)ccc1-n1cnc(C)c1. The van der Waals surface area contributed by atoms with Gasteiger partial charge in [-0.05, 0) is 43.5 Å². The Hall–Kier alpha value is -3.32. The van der Waals surface area contributed by atoms with E-state index in [1.807, 2.05) is 58.8 Å². The van der Waals surface area contributed by atoms with Gasteiger partial charge in [0.25, 0.3) is 0 Å². The van der Waals surface area contributed by atoms with Gasteiger partial charge in [0.05, 0.1) is 24.8 Å². The molecule has 0 aliphatic carbocycles. The second-order valence-electron chi connectivity index (χ2n) is 7.67. The highest BCUT2D eigenvalue weighted by molar-refractivity contribution is 6.31. The lowest BCUT2D eigenvalue weighted by Gasteiger charge is -2.23. The van der Waals surface area contributed by atoms with Crippen molar-refractivity contribution in [1.29, 1.82) is 0 Å². The van der Waals surface area contributed by atoms with Crippen LogP contribution in [-0.4, -0.2) is 31.4 Å². The number of halogens is 1. The van der Waals surface area contributed by atoms with Gasteiger partial charge in [-0.2, -0.15) is 4.98 Å². The first-order valence-corrected chi connectivity index (χ1v) is 10.7. The molecular weight excluding hydrogens is 412 g/mol. The number of nitrogens with one attached hydrogen (secondary N) is 1. The number of aryl methyl sites for hydroxylation is 2. The molecule has 0 fully saturated rings. The summed E-state index contributed by atoms with van der Waals surface area (Å²) in [5.41, 5.74) is 3.83. The molecule has 1 N–H and O–H groups in total. The van der Waals surface area contributed by atoms with E-state index in [1.54, 1.807) is 13.4 Å². The summed E-state index contributed by atoms with van der Waals surface area (Å²) in [5.74, 6) is 2.40. The van der Waals surface area contributed by atoms with Crippen LogP contribution in [0.1, 0.15) is 35.8 Å². The molecule has 1 aliphatic heterocycles. The summed E-state index contributed by atoms with van der Waals surface area (Å²) in [5, 5.41) is 8.78. The maximum atomic E-state index is 6.47. The Morgan fingerprint density at radius 1 is 1.19 bits per heavy atom. The van der Waals surface area contributed by atoms with E-state index in [-0.39, 0.29) is 5.92 Å². The van der Waals surface area contributed by atoms with Crippen molar-refractivity contribution in [2.24, 2.45) is 0 Å². The number of hydrogen-bond donors (Lipinski definition) is 1. The van der Waals surface area contributed by atoms with Crippen molar-refractivity contribution in [3.8, 4) is 11.4 Å². The predicted octanol–water partition coefficient (Wildman–Crippen LogP) is 5.10. The molecular formula is C23H23ClN6O. The molecule has 7 nitrogen and oxygen atoms in total. The van der Waals surface area contributed by atoms with Gasteiger partial charge in [0.15, 0.2) is 0 Å². The highest BCUT2D eigenvalue weighted by atomic mass is 35.5. The number of methoxy groups -OCH3 is 1. The monoisotopic (exact) mass is 434 g/mol. The molecule has 0 radical (unpaired) electrons. The van der Waals surface area contributed by atoms with Crippen LogP contribution in [0.15, 0.2) is 55.0 Å². The number of benzene rings is 2. The fourth-order valence-electron chi connectivity index (χ4n) is 4.11. The zero-order chi connectivity index (χ0) is 21.4. The minimum atomic E-state index is 0.145. The van der Waals surface area contributed by atoms with Crippen molar-refractivity contribution < 1.29 is 4.74 Å². The van der Waals surface area contributed by atoms with Crippen LogP contribution in [0, 0.1) is 6.92 Å². The summed E-state index contributed by atoms with van der Waals surface area (Å²) in [6.07, 6.45) is 5.79. The van der Waals surface area contributed by atoms with E-state index in [9.17, 15) is 0 Å². The molecule has 0 saturated carbocycles. The molecule has 0 bridgehead atoms. The molecule has 158 valence electrons. The van der Waals surface area contributed by atoms with Gasteiger partial charge < -0.3 is 14.6 Å². The third kappa shape index (κ3) is 3.77. The summed E-state index contributed by atoms with van der Waals surface area (Å²) in [7, 11) is 1.66. The molecule has 2 aromatic carbocycles. The maximum absolute atomic E-state index is 6.47. The molecule has 0 unspecified atom stereocenters. The quantitative estimate of drug-likeness (QED) is 0.473. The van der Waals surface area contributed by atoms with Crippen molar-refractivity contribution in [1.82, 2.24) is 24.3 Å². The lowest BCUT2D eigenvalue weighted by molar-refractivity contribution is 0.413. The number of hydrogen-bond acceptors (Lipinski definition) is 5. The molecule has 1 atom stereocenters. The Morgan fingerprint density at radius 2 is 2.06 bits per heavy atom. The molecule has 31 heavy (non-hydrogen) atoms. The normalized spacial score (nSPS) is 15.5. The first-order chi connectivity index (χ1) is 15.1. The summed E-state index contributed by atoms with van der Waals surface area (Å²) in [4.78, 5) is 9.10.